The molecule has 18 heavy (non-hydrogen) atoms. The molecule has 1 aromatic rings. The van der Waals surface area contributed by atoms with E-state index < -0.39 is 26.7 Å². The molecule has 4 N–H and O–H groups in total. The SMILES string of the molecule is CCC(Oc1ccccc1)(P(=O)(O)O)P(=O)(O)O. The van der Waals surface area contributed by atoms with Crippen molar-refractivity contribution in [1.82, 2.24) is 0 Å². The van der Waals surface area contributed by atoms with E-state index in [1.807, 2.05) is 0 Å². The number of ether oxygens (including phenoxy) is 1. The molecule has 7 nitrogen and oxygen atoms in total. The predicted octanol–water partition coefficient (Wildman–Crippen LogP) is 1.48. The van der Waals surface area contributed by atoms with Gasteiger partial charge in [0, 0.05) is 6.42 Å². The van der Waals surface area contributed by atoms with Crippen molar-refractivity contribution in [2.45, 2.75) is 18.4 Å². The largest absolute Gasteiger partial charge is 0.462 e. The van der Waals surface area contributed by atoms with E-state index in [0.717, 1.165) is 0 Å². The van der Waals surface area contributed by atoms with E-state index >= 15 is 0 Å². The van der Waals surface area contributed by atoms with Gasteiger partial charge in [-0.05, 0) is 12.1 Å². The second kappa shape index (κ2) is 5.13. The summed E-state index contributed by atoms with van der Waals surface area (Å²) in [6, 6.07) is 7.39. The highest BCUT2D eigenvalue weighted by atomic mass is 31.2. The summed E-state index contributed by atoms with van der Waals surface area (Å²) in [4.78, 5) is 36.9. The maximum atomic E-state index is 11.4. The van der Waals surface area contributed by atoms with Crippen LogP contribution < -0.4 is 4.74 Å². The molecule has 0 aromatic heterocycles. The van der Waals surface area contributed by atoms with Crippen LogP contribution in [0.5, 0.6) is 5.75 Å². The first-order valence-corrected chi connectivity index (χ1v) is 8.22. The Labute approximate surface area is 104 Å². The molecule has 0 unspecified atom stereocenters. The van der Waals surface area contributed by atoms with Crippen molar-refractivity contribution in [1.29, 1.82) is 0 Å². The molecule has 102 valence electrons. The first-order chi connectivity index (χ1) is 8.14. The van der Waals surface area contributed by atoms with Crippen molar-refractivity contribution in [3.63, 3.8) is 0 Å². The molecule has 0 bridgehead atoms. The van der Waals surface area contributed by atoms with E-state index in [1.54, 1.807) is 6.07 Å². The lowest BCUT2D eigenvalue weighted by Crippen LogP contribution is -2.35. The average molecular weight is 296 g/mol. The minimum absolute atomic E-state index is 0.0222. The zero-order valence-electron chi connectivity index (χ0n) is 9.50. The van der Waals surface area contributed by atoms with Crippen molar-refractivity contribution in [2.24, 2.45) is 0 Å². The first kappa shape index (κ1) is 15.4. The highest BCUT2D eigenvalue weighted by Crippen LogP contribution is 2.70. The minimum Gasteiger partial charge on any atom is -0.462 e. The van der Waals surface area contributed by atoms with Crippen LogP contribution in [0.25, 0.3) is 0 Å². The number of benzene rings is 1. The Morgan fingerprint density at radius 1 is 1.06 bits per heavy atom. The zero-order valence-corrected chi connectivity index (χ0v) is 11.3. The lowest BCUT2D eigenvalue weighted by atomic mass is 10.3. The van der Waals surface area contributed by atoms with E-state index in [9.17, 15) is 28.7 Å². The van der Waals surface area contributed by atoms with Gasteiger partial charge in [-0.1, -0.05) is 25.1 Å². The van der Waals surface area contributed by atoms with Gasteiger partial charge in [0.15, 0.2) is 0 Å². The Kier molecular flexibility index (Phi) is 4.38. The van der Waals surface area contributed by atoms with Crippen LogP contribution in [-0.2, 0) is 9.13 Å². The summed E-state index contributed by atoms with van der Waals surface area (Å²) >= 11 is 0. The highest BCUT2D eigenvalue weighted by molar-refractivity contribution is 7.72. The van der Waals surface area contributed by atoms with Gasteiger partial charge in [0.05, 0.1) is 0 Å². The van der Waals surface area contributed by atoms with Gasteiger partial charge < -0.3 is 24.3 Å². The third kappa shape index (κ3) is 2.83. The fourth-order valence-corrected chi connectivity index (χ4v) is 4.08. The van der Waals surface area contributed by atoms with Crippen LogP contribution >= 0.6 is 15.2 Å². The molecule has 0 heterocycles. The fourth-order valence-electron chi connectivity index (χ4n) is 1.45. The summed E-state index contributed by atoms with van der Waals surface area (Å²) in [5.74, 6) is -0.0222. The second-order valence-electron chi connectivity index (χ2n) is 3.60. The van der Waals surface area contributed by atoms with Crippen molar-refractivity contribution < 1.29 is 33.4 Å². The topological polar surface area (TPSA) is 124 Å². The lowest BCUT2D eigenvalue weighted by molar-refractivity contribution is 0.149. The summed E-state index contributed by atoms with van der Waals surface area (Å²) < 4.78 is 27.8. The quantitative estimate of drug-likeness (QED) is 0.606. The Balaban J connectivity index is 3.31. The molecule has 0 atom stereocenters. The smallest absolute Gasteiger partial charge is 0.381 e. The molecule has 0 fully saturated rings. The van der Waals surface area contributed by atoms with Gasteiger partial charge in [0.25, 0.3) is 0 Å². The molecule has 0 aliphatic rings. The predicted molar refractivity (Wildman–Crippen MR) is 64.2 cm³/mol. The first-order valence-electron chi connectivity index (χ1n) is 4.99. The third-order valence-corrected chi connectivity index (χ3v) is 6.59. The van der Waals surface area contributed by atoms with Crippen molar-refractivity contribution >= 4 is 15.2 Å². The highest BCUT2D eigenvalue weighted by Gasteiger charge is 2.61. The van der Waals surface area contributed by atoms with Crippen LogP contribution in [0.3, 0.4) is 0 Å². The van der Waals surface area contributed by atoms with Crippen LogP contribution in [0.4, 0.5) is 0 Å². The van der Waals surface area contributed by atoms with Crippen LogP contribution in [-0.4, -0.2) is 24.7 Å². The van der Waals surface area contributed by atoms with Gasteiger partial charge in [-0.2, -0.15) is 0 Å². The maximum absolute atomic E-state index is 11.4. The summed E-state index contributed by atoms with van der Waals surface area (Å²) in [6.07, 6.45) is -0.531. The van der Waals surface area contributed by atoms with E-state index in [1.165, 1.54) is 31.2 Å². The molecule has 9 heteroatoms. The van der Waals surface area contributed by atoms with Crippen LogP contribution in [0.1, 0.15) is 13.3 Å². The monoisotopic (exact) mass is 296 g/mol. The van der Waals surface area contributed by atoms with E-state index in [0.29, 0.717) is 0 Å². The van der Waals surface area contributed by atoms with Crippen LogP contribution in [0, 0.1) is 0 Å². The van der Waals surface area contributed by atoms with Crippen LogP contribution in [0.2, 0.25) is 0 Å². The maximum Gasteiger partial charge on any atom is 0.381 e. The number of para-hydroxylation sites is 1. The van der Waals surface area contributed by atoms with E-state index in [2.05, 4.69) is 0 Å². The summed E-state index contributed by atoms with van der Waals surface area (Å²) in [5, 5.41) is -2.85. The van der Waals surface area contributed by atoms with Crippen molar-refractivity contribution in [3.8, 4) is 5.75 Å². The van der Waals surface area contributed by atoms with Crippen LogP contribution in [0.15, 0.2) is 30.3 Å². The normalized spacial score (nSPS) is 13.4. The molecule has 1 rings (SSSR count). The Bertz CT molecular complexity index is 467. The number of hydrogen-bond acceptors (Lipinski definition) is 3. The van der Waals surface area contributed by atoms with Gasteiger partial charge in [0.2, 0.25) is 0 Å². The molecule has 0 aliphatic heterocycles. The minimum atomic E-state index is -5.18. The van der Waals surface area contributed by atoms with E-state index in [4.69, 9.17) is 4.74 Å². The molecule has 0 saturated carbocycles. The molecule has 0 spiro atoms. The lowest BCUT2D eigenvalue weighted by Gasteiger charge is -2.33. The Hall–Kier alpha value is -0.680. The van der Waals surface area contributed by atoms with Crippen molar-refractivity contribution in [3.05, 3.63) is 30.3 Å². The Morgan fingerprint density at radius 3 is 1.83 bits per heavy atom. The van der Waals surface area contributed by atoms with Gasteiger partial charge in [-0.3, -0.25) is 9.13 Å². The Morgan fingerprint density at radius 2 is 1.50 bits per heavy atom. The fraction of sp³-hybridized carbons (Fsp3) is 0.333. The molecule has 0 saturated heterocycles. The van der Waals surface area contributed by atoms with E-state index in [-0.39, 0.29) is 5.75 Å². The number of hydrogen-bond donors (Lipinski definition) is 4. The third-order valence-electron chi connectivity index (χ3n) is 2.40. The van der Waals surface area contributed by atoms with Gasteiger partial charge in [-0.15, -0.1) is 0 Å². The van der Waals surface area contributed by atoms with Crippen molar-refractivity contribution in [2.75, 3.05) is 0 Å². The van der Waals surface area contributed by atoms with Gasteiger partial charge >= 0.3 is 20.3 Å². The summed E-state index contributed by atoms with van der Waals surface area (Å²) in [7, 11) is -10.4. The molecule has 0 aliphatic carbocycles. The van der Waals surface area contributed by atoms with Gasteiger partial charge in [-0.25, -0.2) is 0 Å². The summed E-state index contributed by atoms with van der Waals surface area (Å²) in [6.45, 7) is 1.24. The molecule has 1 aromatic carbocycles. The molecule has 0 radical (unpaired) electrons. The van der Waals surface area contributed by atoms with Gasteiger partial charge in [0.1, 0.15) is 5.75 Å². The molecular weight excluding hydrogens is 282 g/mol. The zero-order chi connectivity index (χ0) is 14.0. The molecular formula is C9H14O7P2. The summed E-state index contributed by atoms with van der Waals surface area (Å²) in [5.41, 5.74) is 0. The number of rotatable bonds is 5. The standard InChI is InChI=1S/C9H14O7P2/c1-2-9(17(10,11)12,18(13,14)15)16-8-6-4-3-5-7-8/h3-7H,2H2,1H3,(H2,10,11,12)(H2,13,14,15). The second-order valence-corrected chi connectivity index (χ2v) is 7.57. The average Bonchev–Trinajstić information content (AvgIpc) is 2.23. The molecule has 0 amide bonds.